The zero-order chi connectivity index (χ0) is 22.4. The Morgan fingerprint density at radius 2 is 1.69 bits per heavy atom. The normalized spacial score (nSPS) is 28.4. The number of nitrogens with zero attached hydrogens (tertiary/aromatic N) is 1. The van der Waals surface area contributed by atoms with Crippen LogP contribution in [-0.2, 0) is 28.5 Å². The lowest BCUT2D eigenvalue weighted by molar-refractivity contribution is -0.162. The molecule has 2 saturated heterocycles. The molecule has 0 spiro atoms. The number of rotatable bonds is 3. The SMILES string of the molecule is CC(C)(C)OC(=O)[C@@H]1C[C@@H]([C@@H](O)[C@@H]2COC(C)(C)O2)C(=O)N1C(=O)OC(C)(C)C. The number of hydrogen-bond donors (Lipinski definition) is 1. The number of aliphatic hydroxyl groups is 1. The van der Waals surface area contributed by atoms with Crippen molar-refractivity contribution < 1.29 is 38.4 Å². The number of esters is 1. The molecule has 29 heavy (non-hydrogen) atoms. The molecule has 0 saturated carbocycles. The minimum absolute atomic E-state index is 0.0888. The average Bonchev–Trinajstić information content (AvgIpc) is 3.03. The Kier molecular flexibility index (Phi) is 6.38. The minimum atomic E-state index is -1.25. The highest BCUT2D eigenvalue weighted by molar-refractivity contribution is 6.01. The van der Waals surface area contributed by atoms with Crippen molar-refractivity contribution in [3.05, 3.63) is 0 Å². The van der Waals surface area contributed by atoms with Gasteiger partial charge in [0.05, 0.1) is 18.6 Å². The summed E-state index contributed by atoms with van der Waals surface area (Å²) in [6.07, 6.45) is -3.04. The molecule has 0 aromatic heterocycles. The van der Waals surface area contributed by atoms with Gasteiger partial charge in [0.25, 0.3) is 0 Å². The van der Waals surface area contributed by atoms with E-state index in [4.69, 9.17) is 18.9 Å². The van der Waals surface area contributed by atoms with Gasteiger partial charge in [-0.25, -0.2) is 14.5 Å². The summed E-state index contributed by atoms with van der Waals surface area (Å²) in [4.78, 5) is 39.2. The van der Waals surface area contributed by atoms with Crippen LogP contribution in [0.3, 0.4) is 0 Å². The van der Waals surface area contributed by atoms with Crippen LogP contribution in [0.4, 0.5) is 4.79 Å². The van der Waals surface area contributed by atoms with Crippen molar-refractivity contribution in [3.8, 4) is 0 Å². The molecule has 2 amide bonds. The number of ether oxygens (including phenoxy) is 4. The van der Waals surface area contributed by atoms with Crippen molar-refractivity contribution in [1.82, 2.24) is 4.90 Å². The molecule has 9 heteroatoms. The maximum atomic E-state index is 13.0. The Bertz CT molecular complexity index is 660. The second-order valence-corrected chi connectivity index (χ2v) is 9.94. The van der Waals surface area contributed by atoms with Gasteiger partial charge in [0.2, 0.25) is 5.91 Å². The molecule has 1 N–H and O–H groups in total. The first kappa shape index (κ1) is 23.6. The maximum absolute atomic E-state index is 13.0. The van der Waals surface area contributed by atoms with Gasteiger partial charge in [0.15, 0.2) is 5.79 Å². The molecule has 2 rings (SSSR count). The molecule has 0 bridgehead atoms. The van der Waals surface area contributed by atoms with E-state index in [1.54, 1.807) is 55.4 Å². The summed E-state index contributed by atoms with van der Waals surface area (Å²) in [5, 5.41) is 10.8. The van der Waals surface area contributed by atoms with Crippen LogP contribution < -0.4 is 0 Å². The molecule has 0 aromatic rings. The topological polar surface area (TPSA) is 112 Å². The van der Waals surface area contributed by atoms with Gasteiger partial charge < -0.3 is 24.1 Å². The molecule has 2 heterocycles. The van der Waals surface area contributed by atoms with Gasteiger partial charge in [0.1, 0.15) is 23.3 Å². The van der Waals surface area contributed by atoms with Crippen molar-refractivity contribution in [2.24, 2.45) is 5.92 Å². The van der Waals surface area contributed by atoms with Gasteiger partial charge in [-0.05, 0) is 61.8 Å². The summed E-state index contributed by atoms with van der Waals surface area (Å²) in [7, 11) is 0. The fraction of sp³-hybridized carbons (Fsp3) is 0.850. The summed E-state index contributed by atoms with van der Waals surface area (Å²) >= 11 is 0. The van der Waals surface area contributed by atoms with E-state index in [1.165, 1.54) is 0 Å². The first-order chi connectivity index (χ1) is 13.0. The van der Waals surface area contributed by atoms with Gasteiger partial charge in [-0.15, -0.1) is 0 Å². The summed E-state index contributed by atoms with van der Waals surface area (Å²) in [5.41, 5.74) is -1.66. The van der Waals surface area contributed by atoms with E-state index in [0.717, 1.165) is 4.90 Å². The molecule has 2 fully saturated rings. The van der Waals surface area contributed by atoms with E-state index in [2.05, 4.69) is 0 Å². The van der Waals surface area contributed by atoms with Crippen molar-refractivity contribution in [3.63, 3.8) is 0 Å². The third-order valence-electron chi connectivity index (χ3n) is 4.44. The van der Waals surface area contributed by atoms with Crippen LogP contribution in [0.15, 0.2) is 0 Å². The van der Waals surface area contributed by atoms with E-state index in [9.17, 15) is 19.5 Å². The smallest absolute Gasteiger partial charge is 0.417 e. The predicted octanol–water partition coefficient (Wildman–Crippen LogP) is 1.99. The second-order valence-electron chi connectivity index (χ2n) is 9.94. The zero-order valence-corrected chi connectivity index (χ0v) is 18.5. The van der Waals surface area contributed by atoms with Crippen molar-refractivity contribution in [2.75, 3.05) is 6.61 Å². The molecule has 0 aliphatic carbocycles. The Balaban J connectivity index is 2.26. The molecule has 0 unspecified atom stereocenters. The Hall–Kier alpha value is -1.71. The Morgan fingerprint density at radius 3 is 2.14 bits per heavy atom. The molecule has 0 radical (unpaired) electrons. The zero-order valence-electron chi connectivity index (χ0n) is 18.5. The summed E-state index contributed by atoms with van der Waals surface area (Å²) in [5.74, 6) is -3.34. The van der Waals surface area contributed by atoms with E-state index in [0.29, 0.717) is 0 Å². The van der Waals surface area contributed by atoms with E-state index >= 15 is 0 Å². The highest BCUT2D eigenvalue weighted by atomic mass is 16.7. The summed E-state index contributed by atoms with van der Waals surface area (Å²) in [6.45, 7) is 13.6. The highest BCUT2D eigenvalue weighted by Crippen LogP contribution is 2.35. The van der Waals surface area contributed by atoms with Crippen LogP contribution in [0.2, 0.25) is 0 Å². The van der Waals surface area contributed by atoms with E-state index in [-0.39, 0.29) is 13.0 Å². The molecular formula is C20H33NO8. The summed E-state index contributed by atoms with van der Waals surface area (Å²) < 4.78 is 21.8. The first-order valence-electron chi connectivity index (χ1n) is 9.79. The molecule has 166 valence electrons. The number of carbonyl (C=O) groups excluding carboxylic acids is 3. The quantitative estimate of drug-likeness (QED) is 0.697. The van der Waals surface area contributed by atoms with Gasteiger partial charge in [-0.1, -0.05) is 0 Å². The molecule has 2 aliphatic rings. The third-order valence-corrected chi connectivity index (χ3v) is 4.44. The maximum Gasteiger partial charge on any atom is 0.417 e. The van der Waals surface area contributed by atoms with Crippen molar-refractivity contribution >= 4 is 18.0 Å². The fourth-order valence-electron chi connectivity index (χ4n) is 3.31. The first-order valence-corrected chi connectivity index (χ1v) is 9.79. The number of hydrogen-bond acceptors (Lipinski definition) is 8. The largest absolute Gasteiger partial charge is 0.458 e. The van der Waals surface area contributed by atoms with Gasteiger partial charge in [-0.3, -0.25) is 4.79 Å². The van der Waals surface area contributed by atoms with Crippen LogP contribution in [0, 0.1) is 5.92 Å². The predicted molar refractivity (Wildman–Crippen MR) is 102 cm³/mol. The van der Waals surface area contributed by atoms with Crippen molar-refractivity contribution in [2.45, 2.75) is 97.0 Å². The lowest BCUT2D eigenvalue weighted by atomic mass is 9.94. The van der Waals surface area contributed by atoms with Gasteiger partial charge in [-0.2, -0.15) is 0 Å². The molecule has 2 aliphatic heterocycles. The van der Waals surface area contributed by atoms with Gasteiger partial charge >= 0.3 is 12.1 Å². The Labute approximate surface area is 171 Å². The molecule has 4 atom stereocenters. The number of likely N-dealkylation sites (tertiary alicyclic amines) is 1. The van der Waals surface area contributed by atoms with Crippen LogP contribution in [0.5, 0.6) is 0 Å². The lowest BCUT2D eigenvalue weighted by Crippen LogP contribution is -2.48. The number of amides is 2. The number of imide groups is 1. The van der Waals surface area contributed by atoms with Crippen LogP contribution in [0.1, 0.15) is 61.8 Å². The van der Waals surface area contributed by atoms with Gasteiger partial charge in [0, 0.05) is 0 Å². The number of carbonyl (C=O) groups is 3. The standard InChI is InChI=1S/C20H33NO8/c1-18(2,3)28-16(24)12-9-11(14(22)13-10-26-20(7,8)27-13)15(23)21(12)17(25)29-19(4,5)6/h11-14,22H,9-10H2,1-8H3/t11-,12-,13-,14+/m0/s1. The minimum Gasteiger partial charge on any atom is -0.458 e. The molecule has 0 aromatic carbocycles. The van der Waals surface area contributed by atoms with Crippen molar-refractivity contribution in [1.29, 1.82) is 0 Å². The lowest BCUT2D eigenvalue weighted by Gasteiger charge is -2.28. The molecular weight excluding hydrogens is 382 g/mol. The molecule has 9 nitrogen and oxygen atoms in total. The van der Waals surface area contributed by atoms with Crippen LogP contribution >= 0.6 is 0 Å². The second kappa shape index (κ2) is 7.85. The average molecular weight is 415 g/mol. The fourth-order valence-corrected chi connectivity index (χ4v) is 3.31. The summed E-state index contributed by atoms with van der Waals surface area (Å²) in [6, 6.07) is -1.19. The highest BCUT2D eigenvalue weighted by Gasteiger charge is 2.54. The van der Waals surface area contributed by atoms with E-state index < -0.39 is 59.1 Å². The Morgan fingerprint density at radius 1 is 1.14 bits per heavy atom. The van der Waals surface area contributed by atoms with Crippen LogP contribution in [0.25, 0.3) is 0 Å². The van der Waals surface area contributed by atoms with Crippen LogP contribution in [-0.4, -0.2) is 69.8 Å². The third kappa shape index (κ3) is 5.90. The number of aliphatic hydroxyl groups excluding tert-OH is 1. The monoisotopic (exact) mass is 415 g/mol. The van der Waals surface area contributed by atoms with E-state index in [1.807, 2.05) is 0 Å².